The van der Waals surface area contributed by atoms with Gasteiger partial charge in [-0.15, -0.1) is 0 Å². The summed E-state index contributed by atoms with van der Waals surface area (Å²) < 4.78 is 38.2. The zero-order valence-electron chi connectivity index (χ0n) is 14.8. The summed E-state index contributed by atoms with van der Waals surface area (Å²) in [6.45, 7) is 3.85. The van der Waals surface area contributed by atoms with Crippen molar-refractivity contribution in [1.82, 2.24) is 9.80 Å². The van der Waals surface area contributed by atoms with Gasteiger partial charge >= 0.3 is 0 Å². The van der Waals surface area contributed by atoms with Crippen molar-refractivity contribution in [3.63, 3.8) is 0 Å². The van der Waals surface area contributed by atoms with Gasteiger partial charge in [-0.1, -0.05) is 12.2 Å². The molecule has 1 spiro atoms. The molecule has 0 aromatic heterocycles. The van der Waals surface area contributed by atoms with Crippen LogP contribution in [0.3, 0.4) is 0 Å². The number of fused-ring (bicyclic) bond motifs is 1. The van der Waals surface area contributed by atoms with Crippen LogP contribution in [-0.4, -0.2) is 78.6 Å². The van der Waals surface area contributed by atoms with Crippen molar-refractivity contribution < 1.29 is 27.8 Å². The van der Waals surface area contributed by atoms with Crippen molar-refractivity contribution in [1.29, 1.82) is 0 Å². The number of amides is 2. The van der Waals surface area contributed by atoms with Crippen LogP contribution in [0.4, 0.5) is 8.78 Å². The summed E-state index contributed by atoms with van der Waals surface area (Å²) >= 11 is 0. The Labute approximate surface area is 151 Å². The Hall–Kier alpha value is -1.54. The van der Waals surface area contributed by atoms with E-state index in [-0.39, 0.29) is 37.7 Å². The van der Waals surface area contributed by atoms with E-state index in [0.29, 0.717) is 26.3 Å². The first kappa shape index (κ1) is 17.9. The van der Waals surface area contributed by atoms with E-state index in [9.17, 15) is 18.4 Å². The van der Waals surface area contributed by atoms with Crippen LogP contribution in [0.1, 0.15) is 19.8 Å². The normalized spacial score (nSPS) is 37.5. The van der Waals surface area contributed by atoms with Crippen LogP contribution in [0.2, 0.25) is 0 Å². The number of rotatable bonds is 5. The third-order valence-corrected chi connectivity index (χ3v) is 5.98. The van der Waals surface area contributed by atoms with Gasteiger partial charge in [-0.2, -0.15) is 0 Å². The number of nitrogens with zero attached hydrogens (tertiary/aromatic N) is 2. The summed E-state index contributed by atoms with van der Waals surface area (Å²) in [7, 11) is 0. The Balaban J connectivity index is 1.49. The van der Waals surface area contributed by atoms with Crippen LogP contribution in [0.25, 0.3) is 0 Å². The monoisotopic (exact) mass is 370 g/mol. The molecule has 144 valence electrons. The molecule has 4 aliphatic heterocycles. The Morgan fingerprint density at radius 2 is 2.12 bits per heavy atom. The van der Waals surface area contributed by atoms with E-state index in [1.165, 1.54) is 4.90 Å². The summed E-state index contributed by atoms with van der Waals surface area (Å²) in [5.41, 5.74) is -0.756. The molecule has 6 nitrogen and oxygen atoms in total. The third-order valence-electron chi connectivity index (χ3n) is 5.98. The first-order valence-electron chi connectivity index (χ1n) is 9.27. The largest absolute Gasteiger partial charge is 0.380 e. The lowest BCUT2D eigenvalue weighted by molar-refractivity contribution is -0.147. The summed E-state index contributed by atoms with van der Waals surface area (Å²) in [4.78, 5) is 29.1. The Bertz CT molecular complexity index is 631. The van der Waals surface area contributed by atoms with Crippen LogP contribution >= 0.6 is 0 Å². The number of alkyl halides is 2. The number of piperidine rings is 1. The number of ether oxygens (including phenoxy) is 2. The molecule has 2 amide bonds. The zero-order chi connectivity index (χ0) is 18.5. The fourth-order valence-electron chi connectivity index (χ4n) is 4.63. The minimum Gasteiger partial charge on any atom is -0.380 e. The van der Waals surface area contributed by atoms with Gasteiger partial charge in [0, 0.05) is 39.1 Å². The average molecular weight is 370 g/mol. The van der Waals surface area contributed by atoms with Gasteiger partial charge in [0.15, 0.2) is 0 Å². The molecule has 0 N–H and O–H groups in total. The summed E-state index contributed by atoms with van der Waals surface area (Å²) in [5, 5.41) is 0. The predicted molar refractivity (Wildman–Crippen MR) is 87.6 cm³/mol. The fraction of sp³-hybridized carbons (Fsp3) is 0.778. The lowest BCUT2D eigenvalue weighted by Gasteiger charge is -2.35. The van der Waals surface area contributed by atoms with E-state index in [2.05, 4.69) is 0 Å². The Morgan fingerprint density at radius 3 is 2.81 bits per heavy atom. The molecule has 4 atom stereocenters. The van der Waals surface area contributed by atoms with Crippen molar-refractivity contribution in [2.75, 3.05) is 39.4 Å². The van der Waals surface area contributed by atoms with Gasteiger partial charge in [-0.3, -0.25) is 9.59 Å². The lowest BCUT2D eigenvalue weighted by atomic mass is 9.76. The smallest absolute Gasteiger partial charge is 0.251 e. The highest BCUT2D eigenvalue weighted by Crippen LogP contribution is 2.52. The molecule has 2 bridgehead atoms. The van der Waals surface area contributed by atoms with Crippen LogP contribution in [0, 0.1) is 11.8 Å². The van der Waals surface area contributed by atoms with Crippen molar-refractivity contribution in [2.24, 2.45) is 11.8 Å². The third kappa shape index (κ3) is 2.74. The van der Waals surface area contributed by atoms with Crippen LogP contribution < -0.4 is 0 Å². The number of hydrogen-bond donors (Lipinski definition) is 0. The number of carbonyl (C=O) groups excluding carboxylic acids is 2. The van der Waals surface area contributed by atoms with Gasteiger partial charge in [0.2, 0.25) is 11.8 Å². The Kier molecular flexibility index (Phi) is 4.30. The molecule has 2 unspecified atom stereocenters. The number of carbonyl (C=O) groups is 2. The second kappa shape index (κ2) is 6.27. The number of likely N-dealkylation sites (tertiary alicyclic amines) is 2. The van der Waals surface area contributed by atoms with Crippen LogP contribution in [-0.2, 0) is 19.1 Å². The molecule has 0 aliphatic carbocycles. The van der Waals surface area contributed by atoms with Crippen LogP contribution in [0.15, 0.2) is 12.2 Å². The van der Waals surface area contributed by atoms with Gasteiger partial charge in [0.1, 0.15) is 5.60 Å². The minimum absolute atomic E-state index is 0.0285. The molecular formula is C18H24F2N2O4. The van der Waals surface area contributed by atoms with Crippen molar-refractivity contribution in [3.05, 3.63) is 12.2 Å². The minimum atomic E-state index is -2.71. The number of halogens is 2. The molecule has 3 fully saturated rings. The second-order valence-electron chi connectivity index (χ2n) is 7.54. The average Bonchev–Trinajstić information content (AvgIpc) is 3.23. The molecule has 26 heavy (non-hydrogen) atoms. The molecule has 4 aliphatic rings. The molecule has 0 aromatic rings. The zero-order valence-corrected chi connectivity index (χ0v) is 14.8. The van der Waals surface area contributed by atoms with E-state index in [4.69, 9.17) is 9.47 Å². The predicted octanol–water partition coefficient (Wildman–Crippen LogP) is 1.06. The van der Waals surface area contributed by atoms with E-state index in [1.54, 1.807) is 4.90 Å². The van der Waals surface area contributed by atoms with E-state index in [1.807, 2.05) is 19.1 Å². The van der Waals surface area contributed by atoms with Gasteiger partial charge in [0.05, 0.1) is 31.1 Å². The molecule has 0 radical (unpaired) electrons. The quantitative estimate of drug-likeness (QED) is 0.537. The summed E-state index contributed by atoms with van der Waals surface area (Å²) in [6, 6.07) is 0. The fourth-order valence-corrected chi connectivity index (χ4v) is 4.63. The van der Waals surface area contributed by atoms with Gasteiger partial charge < -0.3 is 19.3 Å². The van der Waals surface area contributed by atoms with Crippen molar-refractivity contribution in [3.8, 4) is 0 Å². The standard InChI is InChI=1S/C18H24F2N2O4/c1-2-25-10-9-22-11-17-4-3-12(26-17)13(14(17)16(22)24)15(23)21-7-5-18(19,20)6-8-21/h3-4,12-14H,2,5-11H2,1H3/t12-,13?,14?,17-/m1/s1. The second-order valence-corrected chi connectivity index (χ2v) is 7.54. The highest BCUT2D eigenvalue weighted by Gasteiger charge is 2.67. The van der Waals surface area contributed by atoms with Gasteiger partial charge in [-0.25, -0.2) is 8.78 Å². The highest BCUT2D eigenvalue weighted by molar-refractivity contribution is 5.93. The molecule has 0 saturated carbocycles. The highest BCUT2D eigenvalue weighted by atomic mass is 19.3. The van der Waals surface area contributed by atoms with Crippen LogP contribution in [0.5, 0.6) is 0 Å². The lowest BCUT2D eigenvalue weighted by Crippen LogP contribution is -2.50. The van der Waals surface area contributed by atoms with E-state index in [0.717, 1.165) is 0 Å². The molecule has 4 rings (SSSR count). The van der Waals surface area contributed by atoms with Gasteiger partial charge in [0.25, 0.3) is 5.92 Å². The first-order valence-corrected chi connectivity index (χ1v) is 9.27. The first-order chi connectivity index (χ1) is 12.4. The molecular weight excluding hydrogens is 346 g/mol. The number of hydrogen-bond acceptors (Lipinski definition) is 4. The Morgan fingerprint density at radius 1 is 1.38 bits per heavy atom. The maximum Gasteiger partial charge on any atom is 0.251 e. The molecule has 3 saturated heterocycles. The summed E-state index contributed by atoms with van der Waals surface area (Å²) in [6.07, 6.45) is 2.66. The molecule has 0 aromatic carbocycles. The summed E-state index contributed by atoms with van der Waals surface area (Å²) in [5.74, 6) is -4.22. The van der Waals surface area contributed by atoms with Crippen molar-refractivity contribution in [2.45, 2.75) is 37.4 Å². The maximum absolute atomic E-state index is 13.4. The SMILES string of the molecule is CCOCCN1C[C@@]23C=C[C@@H](O2)C(C(=O)N2CCC(F)(F)CC2)C3C1=O. The van der Waals surface area contributed by atoms with Gasteiger partial charge in [-0.05, 0) is 6.92 Å². The van der Waals surface area contributed by atoms with E-state index >= 15 is 0 Å². The molecule has 8 heteroatoms. The van der Waals surface area contributed by atoms with Crippen molar-refractivity contribution >= 4 is 11.8 Å². The molecule has 4 heterocycles. The van der Waals surface area contributed by atoms with E-state index < -0.39 is 29.5 Å². The topological polar surface area (TPSA) is 59.1 Å². The maximum atomic E-state index is 13.4.